The normalized spacial score (nSPS) is 17.7. The van der Waals surface area contributed by atoms with Gasteiger partial charge in [0, 0.05) is 38.0 Å². The van der Waals surface area contributed by atoms with E-state index >= 15 is 0 Å². The van der Waals surface area contributed by atoms with Gasteiger partial charge in [-0.05, 0) is 31.0 Å². The molecule has 0 saturated carbocycles. The highest BCUT2D eigenvalue weighted by Crippen LogP contribution is 2.15. The Hall–Kier alpha value is -0.930. The minimum atomic E-state index is 0.346. The van der Waals surface area contributed by atoms with Crippen LogP contribution in [0, 0.1) is 5.92 Å². The molecule has 1 aromatic rings. The zero-order chi connectivity index (χ0) is 10.5. The van der Waals surface area contributed by atoms with E-state index in [1.54, 1.807) is 0 Å². The van der Waals surface area contributed by atoms with Gasteiger partial charge in [-0.15, -0.1) is 0 Å². The molecule has 1 aromatic heterocycles. The predicted octanol–water partition coefficient (Wildman–Crippen LogP) is 0.938. The van der Waals surface area contributed by atoms with E-state index in [4.69, 9.17) is 5.11 Å². The first-order chi connectivity index (χ1) is 7.38. The van der Waals surface area contributed by atoms with Gasteiger partial charge in [-0.2, -0.15) is 0 Å². The summed E-state index contributed by atoms with van der Waals surface area (Å²) in [6, 6.07) is 4.11. The summed E-state index contributed by atoms with van der Waals surface area (Å²) < 4.78 is 0. The van der Waals surface area contributed by atoms with Crippen molar-refractivity contribution in [2.75, 3.05) is 26.2 Å². The molecule has 15 heavy (non-hydrogen) atoms. The topological polar surface area (TPSA) is 36.4 Å². The van der Waals surface area contributed by atoms with E-state index in [0.29, 0.717) is 12.5 Å². The van der Waals surface area contributed by atoms with Gasteiger partial charge < -0.3 is 10.0 Å². The van der Waals surface area contributed by atoms with Crippen molar-refractivity contribution in [3.8, 4) is 0 Å². The third-order valence-electron chi connectivity index (χ3n) is 2.95. The van der Waals surface area contributed by atoms with Crippen LogP contribution in [0.1, 0.15) is 12.0 Å². The fourth-order valence-electron chi connectivity index (χ4n) is 2.03. The SMILES string of the molecule is OCC1CN(CCCc2cccnc2)C1. The molecule has 0 unspecified atom stereocenters. The first-order valence-corrected chi connectivity index (χ1v) is 5.60. The van der Waals surface area contributed by atoms with E-state index in [9.17, 15) is 0 Å². The highest BCUT2D eigenvalue weighted by molar-refractivity contribution is 5.08. The Kier molecular flexibility index (Phi) is 3.69. The Bertz CT molecular complexity index is 283. The lowest BCUT2D eigenvalue weighted by Gasteiger charge is -2.38. The molecule has 3 nitrogen and oxygen atoms in total. The number of aryl methyl sites for hydroxylation is 1. The lowest BCUT2D eigenvalue weighted by Crippen LogP contribution is -2.48. The lowest BCUT2D eigenvalue weighted by molar-refractivity contribution is 0.0533. The van der Waals surface area contributed by atoms with Crippen LogP contribution < -0.4 is 0 Å². The van der Waals surface area contributed by atoms with Crippen LogP contribution in [0.15, 0.2) is 24.5 Å². The molecule has 1 saturated heterocycles. The summed E-state index contributed by atoms with van der Waals surface area (Å²) in [5.41, 5.74) is 1.32. The summed E-state index contributed by atoms with van der Waals surface area (Å²) in [6.45, 7) is 3.64. The molecule has 82 valence electrons. The summed E-state index contributed by atoms with van der Waals surface area (Å²) in [6.07, 6.45) is 6.04. The lowest BCUT2D eigenvalue weighted by atomic mass is 10.0. The molecular weight excluding hydrogens is 188 g/mol. The summed E-state index contributed by atoms with van der Waals surface area (Å²) in [4.78, 5) is 6.50. The number of hydrogen-bond acceptors (Lipinski definition) is 3. The molecule has 3 heteroatoms. The van der Waals surface area contributed by atoms with Crippen LogP contribution in [-0.2, 0) is 6.42 Å². The van der Waals surface area contributed by atoms with Crippen LogP contribution >= 0.6 is 0 Å². The van der Waals surface area contributed by atoms with Gasteiger partial charge in [-0.3, -0.25) is 4.98 Å². The Morgan fingerprint density at radius 2 is 2.33 bits per heavy atom. The number of rotatable bonds is 5. The van der Waals surface area contributed by atoms with Gasteiger partial charge in [0.05, 0.1) is 0 Å². The van der Waals surface area contributed by atoms with Crippen molar-refractivity contribution in [3.63, 3.8) is 0 Å². The van der Waals surface area contributed by atoms with Gasteiger partial charge >= 0.3 is 0 Å². The number of hydrogen-bond donors (Lipinski definition) is 1. The van der Waals surface area contributed by atoms with Crippen LogP contribution in [0.4, 0.5) is 0 Å². The van der Waals surface area contributed by atoms with Crippen LogP contribution in [0.3, 0.4) is 0 Å². The number of aliphatic hydroxyl groups is 1. The highest BCUT2D eigenvalue weighted by Gasteiger charge is 2.24. The summed E-state index contributed by atoms with van der Waals surface area (Å²) in [7, 11) is 0. The maximum Gasteiger partial charge on any atom is 0.0483 e. The van der Waals surface area contributed by atoms with Crippen molar-refractivity contribution in [3.05, 3.63) is 30.1 Å². The predicted molar refractivity (Wildman–Crippen MR) is 59.6 cm³/mol. The zero-order valence-corrected chi connectivity index (χ0v) is 8.97. The quantitative estimate of drug-likeness (QED) is 0.779. The molecule has 1 fully saturated rings. The van der Waals surface area contributed by atoms with Crippen molar-refractivity contribution in [2.45, 2.75) is 12.8 Å². The fraction of sp³-hybridized carbons (Fsp3) is 0.583. The largest absolute Gasteiger partial charge is 0.396 e. The van der Waals surface area contributed by atoms with Crippen LogP contribution in [0.25, 0.3) is 0 Å². The summed E-state index contributed by atoms with van der Waals surface area (Å²) >= 11 is 0. The Balaban J connectivity index is 1.60. The first-order valence-electron chi connectivity index (χ1n) is 5.60. The van der Waals surface area contributed by atoms with E-state index < -0.39 is 0 Å². The van der Waals surface area contributed by atoms with Crippen LogP contribution in [-0.4, -0.2) is 41.2 Å². The van der Waals surface area contributed by atoms with Crippen molar-refractivity contribution < 1.29 is 5.11 Å². The molecule has 1 N–H and O–H groups in total. The highest BCUT2D eigenvalue weighted by atomic mass is 16.3. The monoisotopic (exact) mass is 206 g/mol. The molecule has 1 aliphatic rings. The van der Waals surface area contributed by atoms with Gasteiger partial charge in [0.25, 0.3) is 0 Å². The molecule has 2 rings (SSSR count). The van der Waals surface area contributed by atoms with Gasteiger partial charge in [0.2, 0.25) is 0 Å². The maximum atomic E-state index is 8.87. The van der Waals surface area contributed by atoms with E-state index in [2.05, 4.69) is 16.0 Å². The molecule has 0 spiro atoms. The smallest absolute Gasteiger partial charge is 0.0483 e. The number of pyridine rings is 1. The van der Waals surface area contributed by atoms with Gasteiger partial charge in [-0.25, -0.2) is 0 Å². The molecule has 1 aliphatic heterocycles. The Morgan fingerprint density at radius 3 is 3.00 bits per heavy atom. The van der Waals surface area contributed by atoms with E-state index in [-0.39, 0.29) is 0 Å². The van der Waals surface area contributed by atoms with Gasteiger partial charge in [0.1, 0.15) is 0 Å². The van der Waals surface area contributed by atoms with Gasteiger partial charge in [0.15, 0.2) is 0 Å². The third kappa shape index (κ3) is 3.01. The molecule has 0 bridgehead atoms. The molecule has 0 aliphatic carbocycles. The second-order valence-electron chi connectivity index (χ2n) is 4.27. The minimum absolute atomic E-state index is 0.346. The van der Waals surface area contributed by atoms with Crippen LogP contribution in [0.2, 0.25) is 0 Å². The van der Waals surface area contributed by atoms with Crippen LogP contribution in [0.5, 0.6) is 0 Å². The van der Waals surface area contributed by atoms with Crippen molar-refractivity contribution in [2.24, 2.45) is 5.92 Å². The summed E-state index contributed by atoms with van der Waals surface area (Å²) in [5.74, 6) is 0.531. The van der Waals surface area contributed by atoms with E-state index in [1.807, 2.05) is 18.5 Å². The van der Waals surface area contributed by atoms with Crippen molar-refractivity contribution >= 4 is 0 Å². The molecule has 0 atom stereocenters. The number of likely N-dealkylation sites (tertiary alicyclic amines) is 1. The minimum Gasteiger partial charge on any atom is -0.396 e. The summed E-state index contributed by atoms with van der Waals surface area (Å²) in [5, 5.41) is 8.87. The first kappa shape index (κ1) is 10.6. The van der Waals surface area contributed by atoms with Gasteiger partial charge in [-0.1, -0.05) is 6.07 Å². The number of nitrogens with zero attached hydrogens (tertiary/aromatic N) is 2. The standard InChI is InChI=1S/C12H18N2O/c15-10-12-8-14(9-12)6-2-4-11-3-1-5-13-7-11/h1,3,5,7,12,15H,2,4,6,8-10H2. The average Bonchev–Trinajstić information content (AvgIpc) is 2.23. The molecule has 2 heterocycles. The van der Waals surface area contributed by atoms with E-state index in [0.717, 1.165) is 26.1 Å². The van der Waals surface area contributed by atoms with E-state index in [1.165, 1.54) is 12.0 Å². The van der Waals surface area contributed by atoms with Crippen molar-refractivity contribution in [1.82, 2.24) is 9.88 Å². The Labute approximate surface area is 90.8 Å². The number of aliphatic hydroxyl groups excluding tert-OH is 1. The average molecular weight is 206 g/mol. The number of aromatic nitrogens is 1. The fourth-order valence-corrected chi connectivity index (χ4v) is 2.03. The zero-order valence-electron chi connectivity index (χ0n) is 8.97. The second kappa shape index (κ2) is 5.24. The van der Waals surface area contributed by atoms with Crippen molar-refractivity contribution in [1.29, 1.82) is 0 Å². The second-order valence-corrected chi connectivity index (χ2v) is 4.27. The molecular formula is C12H18N2O. The third-order valence-corrected chi connectivity index (χ3v) is 2.95. The molecule has 0 aromatic carbocycles. The molecule has 0 radical (unpaired) electrons. The Morgan fingerprint density at radius 1 is 1.47 bits per heavy atom. The maximum absolute atomic E-state index is 8.87. The molecule has 0 amide bonds.